The van der Waals surface area contributed by atoms with Crippen molar-refractivity contribution in [1.82, 2.24) is 0 Å². The highest BCUT2D eigenvalue weighted by Crippen LogP contribution is 2.08. The van der Waals surface area contributed by atoms with Crippen LogP contribution in [-0.4, -0.2) is 31.1 Å². The third-order valence-corrected chi connectivity index (χ3v) is 1.49. The molecule has 0 saturated heterocycles. The molecule has 70 valence electrons. The summed E-state index contributed by atoms with van der Waals surface area (Å²) in [4.78, 5) is 10.5. The Morgan fingerprint density at radius 1 is 1.75 bits per heavy atom. The number of carbonyl (C=O) groups is 1. The average molecular weight is 174 g/mol. The number of hydrogen-bond donors (Lipinski definition) is 1. The molecule has 0 amide bonds. The van der Waals surface area contributed by atoms with Gasteiger partial charge in [0.05, 0.1) is 12.0 Å². The Labute approximate surface area is 71.8 Å². The van der Waals surface area contributed by atoms with Gasteiger partial charge in [0.1, 0.15) is 6.79 Å². The van der Waals surface area contributed by atoms with Crippen LogP contribution in [0.15, 0.2) is 12.7 Å². The van der Waals surface area contributed by atoms with Crippen LogP contribution in [0, 0.1) is 5.92 Å². The Kier molecular flexibility index (Phi) is 5.32. The number of hydrogen-bond acceptors (Lipinski definition) is 3. The molecule has 0 spiro atoms. The zero-order chi connectivity index (χ0) is 9.56. The molecular weight excluding hydrogens is 160 g/mol. The summed E-state index contributed by atoms with van der Waals surface area (Å²) in [6.07, 6.45) is 0.958. The topological polar surface area (TPSA) is 55.8 Å². The summed E-state index contributed by atoms with van der Waals surface area (Å²) in [5.74, 6) is -1.51. The first kappa shape index (κ1) is 11.1. The molecule has 1 N–H and O–H groups in total. The molecule has 0 unspecified atom stereocenters. The molecule has 4 heteroatoms. The molecule has 0 aromatic heterocycles. The van der Waals surface area contributed by atoms with Gasteiger partial charge in [-0.2, -0.15) is 0 Å². The normalized spacial score (nSPS) is 15.2. The summed E-state index contributed by atoms with van der Waals surface area (Å²) in [6.45, 7) is 5.11. The van der Waals surface area contributed by atoms with Crippen molar-refractivity contribution in [3.05, 3.63) is 12.7 Å². The van der Waals surface area contributed by atoms with Crippen molar-refractivity contribution in [3.63, 3.8) is 0 Å². The molecule has 0 rings (SSSR count). The summed E-state index contributed by atoms with van der Waals surface area (Å²) < 4.78 is 9.68. The lowest BCUT2D eigenvalue weighted by molar-refractivity contribution is -0.148. The summed E-state index contributed by atoms with van der Waals surface area (Å²) in [5.41, 5.74) is 0. The predicted molar refractivity (Wildman–Crippen MR) is 43.7 cm³/mol. The molecule has 0 heterocycles. The highest BCUT2D eigenvalue weighted by Gasteiger charge is 2.21. The molecule has 0 bridgehead atoms. The second kappa shape index (κ2) is 5.74. The van der Waals surface area contributed by atoms with E-state index in [0.717, 1.165) is 0 Å². The van der Waals surface area contributed by atoms with Crippen LogP contribution in [0.4, 0.5) is 0 Å². The van der Waals surface area contributed by atoms with Crippen molar-refractivity contribution in [2.45, 2.75) is 13.0 Å². The van der Waals surface area contributed by atoms with Crippen LogP contribution in [0.2, 0.25) is 0 Å². The smallest absolute Gasteiger partial charge is 0.309 e. The Morgan fingerprint density at radius 3 is 2.67 bits per heavy atom. The fourth-order valence-electron chi connectivity index (χ4n) is 0.704. The minimum absolute atomic E-state index is 0.0777. The molecule has 0 aliphatic rings. The van der Waals surface area contributed by atoms with Gasteiger partial charge in [-0.05, 0) is 6.92 Å². The van der Waals surface area contributed by atoms with E-state index in [1.807, 2.05) is 0 Å². The molecule has 12 heavy (non-hydrogen) atoms. The number of rotatable bonds is 6. The van der Waals surface area contributed by atoms with Gasteiger partial charge in [-0.1, -0.05) is 6.08 Å². The summed E-state index contributed by atoms with van der Waals surface area (Å²) in [7, 11) is 1.48. The molecule has 0 aromatic rings. The second-order valence-electron chi connectivity index (χ2n) is 2.40. The van der Waals surface area contributed by atoms with Crippen molar-refractivity contribution < 1.29 is 19.4 Å². The van der Waals surface area contributed by atoms with E-state index in [1.165, 1.54) is 13.2 Å². The van der Waals surface area contributed by atoms with Crippen LogP contribution in [0.3, 0.4) is 0 Å². The zero-order valence-corrected chi connectivity index (χ0v) is 7.32. The van der Waals surface area contributed by atoms with Crippen LogP contribution < -0.4 is 0 Å². The molecule has 0 fully saturated rings. The molecule has 0 aliphatic heterocycles. The fourth-order valence-corrected chi connectivity index (χ4v) is 0.704. The van der Waals surface area contributed by atoms with Gasteiger partial charge >= 0.3 is 5.97 Å². The Hall–Kier alpha value is -0.870. The second-order valence-corrected chi connectivity index (χ2v) is 2.40. The third-order valence-electron chi connectivity index (χ3n) is 1.49. The molecule has 2 atom stereocenters. The fraction of sp³-hybridized carbons (Fsp3) is 0.625. The average Bonchev–Trinajstić information content (AvgIpc) is 2.05. The van der Waals surface area contributed by atoms with E-state index >= 15 is 0 Å². The first-order chi connectivity index (χ1) is 5.63. The van der Waals surface area contributed by atoms with Gasteiger partial charge in [-0.15, -0.1) is 6.58 Å². The zero-order valence-electron chi connectivity index (χ0n) is 7.32. The van der Waals surface area contributed by atoms with E-state index in [1.54, 1.807) is 6.92 Å². The van der Waals surface area contributed by atoms with E-state index in [4.69, 9.17) is 9.84 Å². The highest BCUT2D eigenvalue weighted by molar-refractivity contribution is 5.70. The van der Waals surface area contributed by atoms with Gasteiger partial charge in [-0.3, -0.25) is 4.79 Å². The Bertz CT molecular complexity index is 155. The molecular formula is C8H14O4. The van der Waals surface area contributed by atoms with Gasteiger partial charge in [0.15, 0.2) is 0 Å². The summed E-state index contributed by atoms with van der Waals surface area (Å²) >= 11 is 0. The van der Waals surface area contributed by atoms with Crippen molar-refractivity contribution in [1.29, 1.82) is 0 Å². The number of aliphatic carboxylic acids is 1. The van der Waals surface area contributed by atoms with Crippen LogP contribution in [0.5, 0.6) is 0 Å². The van der Waals surface area contributed by atoms with E-state index < -0.39 is 18.0 Å². The van der Waals surface area contributed by atoms with Crippen molar-refractivity contribution in [3.8, 4) is 0 Å². The van der Waals surface area contributed by atoms with Crippen LogP contribution in [0.1, 0.15) is 6.92 Å². The number of carboxylic acids is 1. The van der Waals surface area contributed by atoms with E-state index in [-0.39, 0.29) is 6.79 Å². The standard InChI is InChI=1S/C8H14O4/c1-4-7(12-5-11-3)6(2)8(9)10/h4,6-7H,1,5H2,2-3H3,(H,9,10)/t6-,7+/m1/s1. The predicted octanol–water partition coefficient (Wildman–Crippen LogP) is 0.882. The highest BCUT2D eigenvalue weighted by atomic mass is 16.7. The molecule has 0 aliphatic carbocycles. The lowest BCUT2D eigenvalue weighted by Gasteiger charge is -2.16. The van der Waals surface area contributed by atoms with Gasteiger partial charge in [0.25, 0.3) is 0 Å². The molecule has 0 saturated carbocycles. The molecule has 4 nitrogen and oxygen atoms in total. The maximum atomic E-state index is 10.5. The van der Waals surface area contributed by atoms with Crippen LogP contribution in [-0.2, 0) is 14.3 Å². The van der Waals surface area contributed by atoms with E-state index in [0.29, 0.717) is 0 Å². The third kappa shape index (κ3) is 3.50. The maximum absolute atomic E-state index is 10.5. The van der Waals surface area contributed by atoms with E-state index in [9.17, 15) is 4.79 Å². The number of ether oxygens (including phenoxy) is 2. The van der Waals surface area contributed by atoms with Crippen molar-refractivity contribution in [2.24, 2.45) is 5.92 Å². The minimum atomic E-state index is -0.906. The summed E-state index contributed by atoms with van der Waals surface area (Å²) in [6, 6.07) is 0. The van der Waals surface area contributed by atoms with Gasteiger partial charge in [0, 0.05) is 7.11 Å². The van der Waals surface area contributed by atoms with Crippen LogP contribution in [0.25, 0.3) is 0 Å². The first-order valence-corrected chi connectivity index (χ1v) is 3.59. The molecule has 0 aromatic carbocycles. The largest absolute Gasteiger partial charge is 0.481 e. The van der Waals surface area contributed by atoms with Crippen LogP contribution >= 0.6 is 0 Å². The Balaban J connectivity index is 3.95. The van der Waals surface area contributed by atoms with Crippen molar-refractivity contribution >= 4 is 5.97 Å². The van der Waals surface area contributed by atoms with E-state index in [2.05, 4.69) is 11.3 Å². The number of methoxy groups -OCH3 is 1. The molecule has 0 radical (unpaired) electrons. The summed E-state index contributed by atoms with van der Waals surface area (Å²) in [5, 5.41) is 8.61. The first-order valence-electron chi connectivity index (χ1n) is 3.59. The number of carboxylic acid groups (broad SMARTS) is 1. The lowest BCUT2D eigenvalue weighted by Crippen LogP contribution is -2.27. The lowest BCUT2D eigenvalue weighted by atomic mass is 10.1. The monoisotopic (exact) mass is 174 g/mol. The quantitative estimate of drug-likeness (QED) is 0.479. The minimum Gasteiger partial charge on any atom is -0.481 e. The maximum Gasteiger partial charge on any atom is 0.309 e. The Morgan fingerprint density at radius 2 is 2.33 bits per heavy atom. The van der Waals surface area contributed by atoms with Crippen molar-refractivity contribution in [2.75, 3.05) is 13.9 Å². The van der Waals surface area contributed by atoms with Gasteiger partial charge in [0.2, 0.25) is 0 Å². The van der Waals surface area contributed by atoms with Gasteiger partial charge in [-0.25, -0.2) is 0 Å². The van der Waals surface area contributed by atoms with Gasteiger partial charge < -0.3 is 14.6 Å². The SMILES string of the molecule is C=C[C@H](OCOC)[C@@H](C)C(=O)O.